The van der Waals surface area contributed by atoms with Crippen LogP contribution in [0, 0.1) is 5.92 Å². The normalized spacial score (nSPS) is 18.5. The molecule has 0 saturated heterocycles. The Balaban J connectivity index is 2.43. The van der Waals surface area contributed by atoms with Crippen LogP contribution in [-0.4, -0.2) is 66.9 Å². The molecule has 0 radical (unpaired) electrons. The zero-order valence-electron chi connectivity index (χ0n) is 20.1. The van der Waals surface area contributed by atoms with E-state index in [1.54, 1.807) is 20.8 Å². The van der Waals surface area contributed by atoms with Crippen molar-refractivity contribution in [1.29, 1.82) is 0 Å². The standard InChI is InChI=1S/C23H26F3N3O7/c1-5-32-20(30)15-14(12-10-9-11-13-17(12)29-36-28-13)16(21(31)33-6-2)19(23(24,25)26)27-18(15)22(34-7-3)35-8-4/h9-11,14-15,22H,5-8H2,1-4H3. The first-order valence-electron chi connectivity index (χ1n) is 11.4. The average Bonchev–Trinajstić information content (AvgIpc) is 3.31. The van der Waals surface area contributed by atoms with Gasteiger partial charge in [-0.25, -0.2) is 14.4 Å². The average molecular weight is 513 g/mol. The quantitative estimate of drug-likeness (QED) is 0.345. The summed E-state index contributed by atoms with van der Waals surface area (Å²) in [5, 5.41) is 7.54. The van der Waals surface area contributed by atoms with Crippen molar-refractivity contribution >= 4 is 28.7 Å². The van der Waals surface area contributed by atoms with Crippen molar-refractivity contribution in [2.24, 2.45) is 10.9 Å². The number of carbonyl (C=O) groups is 2. The highest BCUT2D eigenvalue weighted by Crippen LogP contribution is 2.46. The second-order valence-electron chi connectivity index (χ2n) is 7.45. The van der Waals surface area contributed by atoms with Crippen LogP contribution in [0.15, 0.2) is 39.1 Å². The Labute approximate surface area is 204 Å². The first-order valence-corrected chi connectivity index (χ1v) is 11.4. The lowest BCUT2D eigenvalue weighted by Crippen LogP contribution is -2.46. The molecule has 10 nitrogen and oxygen atoms in total. The van der Waals surface area contributed by atoms with Gasteiger partial charge in [0.25, 0.3) is 0 Å². The van der Waals surface area contributed by atoms with Gasteiger partial charge in [-0.05, 0) is 49.6 Å². The van der Waals surface area contributed by atoms with Crippen LogP contribution in [0.4, 0.5) is 13.2 Å². The molecule has 13 heteroatoms. The molecule has 0 fully saturated rings. The van der Waals surface area contributed by atoms with E-state index in [9.17, 15) is 22.8 Å². The lowest BCUT2D eigenvalue weighted by Gasteiger charge is -2.35. The molecule has 1 aromatic carbocycles. The highest BCUT2D eigenvalue weighted by atomic mass is 19.4. The van der Waals surface area contributed by atoms with Gasteiger partial charge >= 0.3 is 18.1 Å². The number of carbonyl (C=O) groups excluding carboxylic acids is 2. The lowest BCUT2D eigenvalue weighted by atomic mass is 9.74. The van der Waals surface area contributed by atoms with Crippen LogP contribution < -0.4 is 0 Å². The van der Waals surface area contributed by atoms with Crippen molar-refractivity contribution in [1.82, 2.24) is 10.3 Å². The SMILES string of the molecule is CCOC(=O)C1=C(C(F)(F)F)N=C(C(OCC)OCC)C(C(=O)OCC)C1c1cccc2nonc12. The summed E-state index contributed by atoms with van der Waals surface area (Å²) in [5.41, 5.74) is -2.45. The maximum Gasteiger partial charge on any atom is 0.433 e. The van der Waals surface area contributed by atoms with Gasteiger partial charge in [-0.15, -0.1) is 0 Å². The summed E-state index contributed by atoms with van der Waals surface area (Å²) >= 11 is 0. The summed E-state index contributed by atoms with van der Waals surface area (Å²) in [5.74, 6) is -5.33. The van der Waals surface area contributed by atoms with Crippen molar-refractivity contribution < 1.29 is 46.3 Å². The van der Waals surface area contributed by atoms with E-state index in [2.05, 4.69) is 15.3 Å². The maximum absolute atomic E-state index is 14.4. The third kappa shape index (κ3) is 5.41. The third-order valence-electron chi connectivity index (χ3n) is 5.29. The molecule has 1 aromatic heterocycles. The van der Waals surface area contributed by atoms with Crippen LogP contribution in [0.5, 0.6) is 0 Å². The smallest absolute Gasteiger partial charge is 0.433 e. The monoisotopic (exact) mass is 513 g/mol. The molecule has 36 heavy (non-hydrogen) atoms. The molecule has 2 heterocycles. The molecule has 196 valence electrons. The number of rotatable bonds is 10. The minimum atomic E-state index is -5.09. The number of aromatic nitrogens is 2. The molecule has 1 aliphatic heterocycles. The first kappa shape index (κ1) is 27.3. The number of allylic oxidation sites excluding steroid dienone is 1. The minimum absolute atomic E-state index is 0.0441. The number of nitrogens with zero attached hydrogens (tertiary/aromatic N) is 3. The van der Waals surface area contributed by atoms with E-state index >= 15 is 0 Å². The molecule has 2 unspecified atom stereocenters. The Morgan fingerprint density at radius 3 is 2.25 bits per heavy atom. The zero-order chi connectivity index (χ0) is 26.5. The summed E-state index contributed by atoms with van der Waals surface area (Å²) in [6.07, 6.45) is -6.52. The number of fused-ring (bicyclic) bond motifs is 1. The number of esters is 2. The molecule has 0 N–H and O–H groups in total. The van der Waals surface area contributed by atoms with E-state index in [0.717, 1.165) is 0 Å². The number of alkyl halides is 3. The summed E-state index contributed by atoms with van der Waals surface area (Å²) in [7, 11) is 0. The first-order chi connectivity index (χ1) is 17.2. The molecule has 1 aliphatic rings. The summed E-state index contributed by atoms with van der Waals surface area (Å²) in [6, 6.07) is 4.44. The van der Waals surface area contributed by atoms with Crippen molar-refractivity contribution in [3.8, 4) is 0 Å². The molecule has 0 spiro atoms. The Hall–Kier alpha value is -3.32. The van der Waals surface area contributed by atoms with E-state index in [4.69, 9.17) is 23.6 Å². The molecule has 3 rings (SSSR count). The number of benzene rings is 1. The molecule has 2 atom stereocenters. The zero-order valence-corrected chi connectivity index (χ0v) is 20.1. The van der Waals surface area contributed by atoms with Crippen LogP contribution in [0.1, 0.15) is 39.2 Å². The van der Waals surface area contributed by atoms with Gasteiger partial charge in [0.1, 0.15) is 17.0 Å². The number of aliphatic imine (C=N–C) groups is 1. The fraction of sp³-hybridized carbons (Fsp3) is 0.522. The lowest BCUT2D eigenvalue weighted by molar-refractivity contribution is -0.148. The predicted octanol–water partition coefficient (Wildman–Crippen LogP) is 3.72. The Morgan fingerprint density at radius 1 is 1.00 bits per heavy atom. The van der Waals surface area contributed by atoms with Crippen LogP contribution in [0.25, 0.3) is 11.0 Å². The fourth-order valence-corrected chi connectivity index (χ4v) is 4.02. The van der Waals surface area contributed by atoms with Crippen LogP contribution in [-0.2, 0) is 28.5 Å². The van der Waals surface area contributed by atoms with Gasteiger partial charge in [-0.3, -0.25) is 4.79 Å². The molecule has 0 saturated carbocycles. The van der Waals surface area contributed by atoms with Gasteiger partial charge in [0, 0.05) is 19.1 Å². The van der Waals surface area contributed by atoms with Gasteiger partial charge in [-0.1, -0.05) is 12.1 Å². The predicted molar refractivity (Wildman–Crippen MR) is 119 cm³/mol. The van der Waals surface area contributed by atoms with Crippen molar-refractivity contribution in [2.75, 3.05) is 26.4 Å². The van der Waals surface area contributed by atoms with Crippen molar-refractivity contribution in [3.63, 3.8) is 0 Å². The van der Waals surface area contributed by atoms with E-state index in [1.807, 2.05) is 0 Å². The second kappa shape index (κ2) is 11.6. The molecule has 0 amide bonds. The summed E-state index contributed by atoms with van der Waals surface area (Å²) in [6.45, 7) is 6.01. The van der Waals surface area contributed by atoms with Gasteiger partial charge in [0.05, 0.1) is 24.5 Å². The number of halogens is 3. The van der Waals surface area contributed by atoms with Gasteiger partial charge in [0.15, 0.2) is 12.0 Å². The molecule has 0 bridgehead atoms. The Kier molecular flexibility index (Phi) is 8.79. The molecule has 0 aliphatic carbocycles. The molecular formula is C23H26F3N3O7. The number of ether oxygens (including phenoxy) is 4. The van der Waals surface area contributed by atoms with Crippen LogP contribution in [0.2, 0.25) is 0 Å². The summed E-state index contributed by atoms with van der Waals surface area (Å²) < 4.78 is 69.3. The number of hydrogen-bond donors (Lipinski definition) is 0. The third-order valence-corrected chi connectivity index (χ3v) is 5.29. The van der Waals surface area contributed by atoms with E-state index < -0.39 is 53.2 Å². The van der Waals surface area contributed by atoms with E-state index in [1.165, 1.54) is 25.1 Å². The van der Waals surface area contributed by atoms with Gasteiger partial charge < -0.3 is 18.9 Å². The van der Waals surface area contributed by atoms with Crippen LogP contribution >= 0.6 is 0 Å². The topological polar surface area (TPSA) is 122 Å². The van der Waals surface area contributed by atoms with Gasteiger partial charge in [-0.2, -0.15) is 13.2 Å². The minimum Gasteiger partial charge on any atom is -0.465 e. The largest absolute Gasteiger partial charge is 0.465 e. The fourth-order valence-electron chi connectivity index (χ4n) is 4.02. The van der Waals surface area contributed by atoms with E-state index in [0.29, 0.717) is 0 Å². The Morgan fingerprint density at radius 2 is 1.67 bits per heavy atom. The Bertz CT molecular complexity index is 1150. The molecule has 2 aromatic rings. The van der Waals surface area contributed by atoms with E-state index in [-0.39, 0.29) is 43.0 Å². The highest BCUT2D eigenvalue weighted by molar-refractivity contribution is 6.10. The second-order valence-corrected chi connectivity index (χ2v) is 7.45. The van der Waals surface area contributed by atoms with Crippen LogP contribution in [0.3, 0.4) is 0 Å². The maximum atomic E-state index is 14.4. The number of hydrogen-bond acceptors (Lipinski definition) is 10. The summed E-state index contributed by atoms with van der Waals surface area (Å²) in [4.78, 5) is 30.1. The van der Waals surface area contributed by atoms with Gasteiger partial charge in [0.2, 0.25) is 0 Å². The van der Waals surface area contributed by atoms with Crippen molar-refractivity contribution in [2.45, 2.75) is 46.1 Å². The highest BCUT2D eigenvalue weighted by Gasteiger charge is 2.53. The van der Waals surface area contributed by atoms with Crippen molar-refractivity contribution in [3.05, 3.63) is 35.0 Å². The molecular weight excluding hydrogens is 487 g/mol.